The summed E-state index contributed by atoms with van der Waals surface area (Å²) in [5.41, 5.74) is 0.827. The van der Waals surface area contributed by atoms with Gasteiger partial charge in [-0.2, -0.15) is 18.3 Å². The Balaban J connectivity index is 1.75. The molecule has 0 saturated carbocycles. The van der Waals surface area contributed by atoms with Gasteiger partial charge < -0.3 is 4.90 Å². The van der Waals surface area contributed by atoms with Crippen LogP contribution in [0.25, 0.3) is 0 Å². The molecule has 0 bridgehead atoms. The molecule has 25 heavy (non-hydrogen) atoms. The van der Waals surface area contributed by atoms with Gasteiger partial charge in [0.2, 0.25) is 5.91 Å². The van der Waals surface area contributed by atoms with Crippen molar-refractivity contribution in [1.82, 2.24) is 24.6 Å². The van der Waals surface area contributed by atoms with Gasteiger partial charge in [-0.3, -0.25) is 9.78 Å². The molecule has 0 atom stereocenters. The minimum Gasteiger partial charge on any atom is -0.342 e. The summed E-state index contributed by atoms with van der Waals surface area (Å²) in [5, 5.41) is 4.01. The molecule has 1 amide bonds. The largest absolute Gasteiger partial charge is 0.408 e. The predicted octanol–water partition coefficient (Wildman–Crippen LogP) is 1.99. The smallest absolute Gasteiger partial charge is 0.342 e. The third kappa shape index (κ3) is 4.77. The third-order valence-electron chi connectivity index (χ3n) is 3.98. The number of aromatic nitrogens is 4. The highest BCUT2D eigenvalue weighted by Crippen LogP contribution is 2.19. The molecule has 0 spiro atoms. The third-order valence-corrected chi connectivity index (χ3v) is 3.98. The molecule has 9 heteroatoms. The highest BCUT2D eigenvalue weighted by molar-refractivity contribution is 5.78. The SMILES string of the molecule is O=C1CCCN1CCc1nc(Cc2cccnc2)nn1CC(F)(F)F. The lowest BCUT2D eigenvalue weighted by Crippen LogP contribution is -2.28. The number of alkyl halides is 3. The first-order chi connectivity index (χ1) is 11.9. The van der Waals surface area contributed by atoms with E-state index in [4.69, 9.17) is 0 Å². The average molecular weight is 353 g/mol. The van der Waals surface area contributed by atoms with Crippen LogP contribution in [0.3, 0.4) is 0 Å². The van der Waals surface area contributed by atoms with Gasteiger partial charge in [0.15, 0.2) is 5.82 Å². The van der Waals surface area contributed by atoms with Crippen molar-refractivity contribution in [3.05, 3.63) is 41.7 Å². The lowest BCUT2D eigenvalue weighted by molar-refractivity contribution is -0.143. The summed E-state index contributed by atoms with van der Waals surface area (Å²) in [6.45, 7) is -0.174. The number of halogens is 3. The van der Waals surface area contributed by atoms with Crippen LogP contribution in [0.5, 0.6) is 0 Å². The zero-order valence-electron chi connectivity index (χ0n) is 13.5. The Bertz CT molecular complexity index is 729. The molecule has 3 rings (SSSR count). The second-order valence-corrected chi connectivity index (χ2v) is 5.99. The fraction of sp³-hybridized carbons (Fsp3) is 0.500. The van der Waals surface area contributed by atoms with Crippen LogP contribution in [-0.2, 0) is 24.2 Å². The van der Waals surface area contributed by atoms with E-state index in [2.05, 4.69) is 15.1 Å². The van der Waals surface area contributed by atoms with Gasteiger partial charge in [-0.1, -0.05) is 6.07 Å². The number of carbonyl (C=O) groups excluding carboxylic acids is 1. The van der Waals surface area contributed by atoms with E-state index in [9.17, 15) is 18.0 Å². The van der Waals surface area contributed by atoms with Crippen LogP contribution in [0.15, 0.2) is 24.5 Å². The summed E-state index contributed by atoms with van der Waals surface area (Å²) in [5.74, 6) is 0.605. The fourth-order valence-electron chi connectivity index (χ4n) is 2.84. The highest BCUT2D eigenvalue weighted by Gasteiger charge is 2.30. The maximum absolute atomic E-state index is 12.8. The van der Waals surface area contributed by atoms with Crippen LogP contribution in [0, 0.1) is 0 Å². The van der Waals surface area contributed by atoms with E-state index >= 15 is 0 Å². The number of hydrogen-bond donors (Lipinski definition) is 0. The molecule has 1 fully saturated rings. The van der Waals surface area contributed by atoms with Crippen molar-refractivity contribution in [2.24, 2.45) is 0 Å². The molecule has 0 unspecified atom stereocenters. The quantitative estimate of drug-likeness (QED) is 0.797. The van der Waals surface area contributed by atoms with Gasteiger partial charge in [0.05, 0.1) is 0 Å². The van der Waals surface area contributed by atoms with Gasteiger partial charge >= 0.3 is 6.18 Å². The topological polar surface area (TPSA) is 63.9 Å². The molecule has 1 aliphatic rings. The first-order valence-electron chi connectivity index (χ1n) is 8.07. The molecular formula is C16H18F3N5O. The Morgan fingerprint density at radius 1 is 1.28 bits per heavy atom. The summed E-state index contributed by atoms with van der Waals surface area (Å²) in [4.78, 5) is 21.6. The van der Waals surface area contributed by atoms with Crippen LogP contribution in [0.1, 0.15) is 30.1 Å². The van der Waals surface area contributed by atoms with E-state index in [-0.39, 0.29) is 18.2 Å². The van der Waals surface area contributed by atoms with Gasteiger partial charge in [-0.05, 0) is 18.1 Å². The van der Waals surface area contributed by atoms with Gasteiger partial charge in [-0.25, -0.2) is 9.67 Å². The van der Waals surface area contributed by atoms with Gasteiger partial charge in [0.1, 0.15) is 12.4 Å². The molecule has 0 N–H and O–H groups in total. The average Bonchev–Trinajstić information content (AvgIpc) is 3.11. The summed E-state index contributed by atoms with van der Waals surface area (Å²) in [6.07, 6.45) is 0.736. The first-order valence-corrected chi connectivity index (χ1v) is 8.07. The standard InChI is InChI=1S/C16H18F3N5O/c17-16(18,19)11-24-14(5-8-23-7-2-4-15(23)25)21-13(22-24)9-12-3-1-6-20-10-12/h1,3,6,10H,2,4-5,7-9,11H2. The van der Waals surface area contributed by atoms with Gasteiger partial charge in [0, 0.05) is 44.7 Å². The molecule has 134 valence electrons. The summed E-state index contributed by atoms with van der Waals surface area (Å²) >= 11 is 0. The van der Waals surface area contributed by atoms with Gasteiger partial charge in [-0.15, -0.1) is 0 Å². The van der Waals surface area contributed by atoms with E-state index in [0.29, 0.717) is 31.8 Å². The van der Waals surface area contributed by atoms with Crippen molar-refractivity contribution in [3.8, 4) is 0 Å². The normalized spacial score (nSPS) is 15.2. The van der Waals surface area contributed by atoms with Crippen molar-refractivity contribution in [1.29, 1.82) is 0 Å². The highest BCUT2D eigenvalue weighted by atomic mass is 19.4. The molecule has 1 aliphatic heterocycles. The number of rotatable bonds is 6. The Hall–Kier alpha value is -2.45. The molecular weight excluding hydrogens is 335 g/mol. The monoisotopic (exact) mass is 353 g/mol. The minimum absolute atomic E-state index is 0.0393. The molecule has 0 radical (unpaired) electrons. The molecule has 0 aliphatic carbocycles. The first kappa shape index (κ1) is 17.4. The lowest BCUT2D eigenvalue weighted by atomic mass is 10.2. The van der Waals surface area contributed by atoms with E-state index in [1.807, 2.05) is 6.07 Å². The summed E-state index contributed by atoms with van der Waals surface area (Å²) < 4.78 is 39.3. The van der Waals surface area contributed by atoms with Gasteiger partial charge in [0.25, 0.3) is 0 Å². The molecule has 1 saturated heterocycles. The minimum atomic E-state index is -4.38. The maximum Gasteiger partial charge on any atom is 0.408 e. The van der Waals surface area contributed by atoms with Crippen LogP contribution in [0.2, 0.25) is 0 Å². The van der Waals surface area contributed by atoms with Crippen LogP contribution in [-0.4, -0.2) is 49.8 Å². The summed E-state index contributed by atoms with van der Waals surface area (Å²) in [7, 11) is 0. The zero-order chi connectivity index (χ0) is 17.9. The fourth-order valence-corrected chi connectivity index (χ4v) is 2.84. The number of pyridine rings is 1. The molecule has 2 aromatic heterocycles. The Morgan fingerprint density at radius 2 is 2.12 bits per heavy atom. The molecule has 6 nitrogen and oxygen atoms in total. The molecule has 0 aromatic carbocycles. The second kappa shape index (κ2) is 7.20. The van der Waals surface area contributed by atoms with Crippen LogP contribution in [0.4, 0.5) is 13.2 Å². The molecule has 2 aromatic rings. The van der Waals surface area contributed by atoms with Crippen LogP contribution >= 0.6 is 0 Å². The van der Waals surface area contributed by atoms with E-state index in [1.54, 1.807) is 23.4 Å². The van der Waals surface area contributed by atoms with Crippen molar-refractivity contribution >= 4 is 5.91 Å². The number of nitrogens with zero attached hydrogens (tertiary/aromatic N) is 5. The van der Waals surface area contributed by atoms with Crippen LogP contribution < -0.4 is 0 Å². The van der Waals surface area contributed by atoms with Crippen molar-refractivity contribution in [2.45, 2.75) is 38.4 Å². The Kier molecular flexibility index (Phi) is 5.00. The predicted molar refractivity (Wildman–Crippen MR) is 82.6 cm³/mol. The number of amides is 1. The van der Waals surface area contributed by atoms with Crippen molar-refractivity contribution < 1.29 is 18.0 Å². The molecule has 3 heterocycles. The second-order valence-electron chi connectivity index (χ2n) is 5.99. The van der Waals surface area contributed by atoms with E-state index in [0.717, 1.165) is 16.7 Å². The van der Waals surface area contributed by atoms with Crippen molar-refractivity contribution in [2.75, 3.05) is 13.1 Å². The number of hydrogen-bond acceptors (Lipinski definition) is 4. The Labute approximate surface area is 142 Å². The summed E-state index contributed by atoms with van der Waals surface area (Å²) in [6, 6.07) is 3.57. The number of likely N-dealkylation sites (tertiary alicyclic amines) is 1. The van der Waals surface area contributed by atoms with E-state index in [1.165, 1.54) is 0 Å². The Morgan fingerprint density at radius 3 is 2.76 bits per heavy atom. The van der Waals surface area contributed by atoms with E-state index < -0.39 is 12.7 Å². The van der Waals surface area contributed by atoms with Crippen molar-refractivity contribution in [3.63, 3.8) is 0 Å². The number of carbonyl (C=O) groups is 1. The zero-order valence-corrected chi connectivity index (χ0v) is 13.5. The lowest BCUT2D eigenvalue weighted by Gasteiger charge is -2.15. The maximum atomic E-state index is 12.8.